The molecule has 1 aliphatic heterocycles. The van der Waals surface area contributed by atoms with Crippen molar-refractivity contribution in [3.63, 3.8) is 0 Å². The van der Waals surface area contributed by atoms with Gasteiger partial charge in [0, 0.05) is 5.92 Å². The summed E-state index contributed by atoms with van der Waals surface area (Å²) >= 11 is 0. The molecule has 4 atom stereocenters. The molecule has 2 heterocycles. The van der Waals surface area contributed by atoms with E-state index in [1.54, 1.807) is 9.36 Å². The van der Waals surface area contributed by atoms with E-state index in [1.165, 1.54) is 17.4 Å². The molecule has 2 aliphatic carbocycles. The molecule has 108 valence electrons. The Bertz CT molecular complexity index is 829. The van der Waals surface area contributed by atoms with E-state index in [0.29, 0.717) is 17.5 Å². The molecule has 5 rings (SSSR count). The molecular formula is C16H17N3O2. The van der Waals surface area contributed by atoms with Crippen molar-refractivity contribution in [2.45, 2.75) is 37.8 Å². The van der Waals surface area contributed by atoms with Crippen molar-refractivity contribution >= 4 is 0 Å². The molecule has 4 unspecified atom stereocenters. The van der Waals surface area contributed by atoms with E-state index < -0.39 is 0 Å². The monoisotopic (exact) mass is 283 g/mol. The molecule has 0 saturated heterocycles. The fraction of sp³-hybridized carbons (Fsp3) is 0.500. The zero-order chi connectivity index (χ0) is 14.1. The summed E-state index contributed by atoms with van der Waals surface area (Å²) in [6, 6.07) is 9.76. The summed E-state index contributed by atoms with van der Waals surface area (Å²) in [6.45, 7) is 0. The van der Waals surface area contributed by atoms with E-state index in [9.17, 15) is 9.59 Å². The first-order chi connectivity index (χ1) is 10.3. The third-order valence-electron chi connectivity index (χ3n) is 5.69. The van der Waals surface area contributed by atoms with Gasteiger partial charge in [0.2, 0.25) is 0 Å². The van der Waals surface area contributed by atoms with Gasteiger partial charge in [-0.15, -0.1) is 0 Å². The summed E-state index contributed by atoms with van der Waals surface area (Å²) in [4.78, 5) is 25.6. The van der Waals surface area contributed by atoms with Crippen LogP contribution in [0.4, 0.5) is 0 Å². The second-order valence-corrected chi connectivity index (χ2v) is 6.57. The van der Waals surface area contributed by atoms with Gasteiger partial charge in [-0.2, -0.15) is 0 Å². The standard InChI is InChI=1S/C16H17N3O2/c20-15-17(11-6-2-1-3-7-11)16(21)19-14-10-5-4-8-12(14)13(9-10)18(15)19/h1-3,6-7,10,12-14H,4-5,8-9H2. The maximum atomic E-state index is 12.8. The quantitative estimate of drug-likeness (QED) is 0.800. The molecule has 2 fully saturated rings. The van der Waals surface area contributed by atoms with Crippen LogP contribution in [0.5, 0.6) is 0 Å². The molecule has 5 heteroatoms. The summed E-state index contributed by atoms with van der Waals surface area (Å²) in [5, 5.41) is 0. The average molecular weight is 283 g/mol. The van der Waals surface area contributed by atoms with Crippen molar-refractivity contribution in [2.75, 3.05) is 0 Å². The van der Waals surface area contributed by atoms with Gasteiger partial charge < -0.3 is 0 Å². The highest BCUT2D eigenvalue weighted by Crippen LogP contribution is 2.57. The number of nitrogens with zero attached hydrogens (tertiary/aromatic N) is 3. The zero-order valence-corrected chi connectivity index (χ0v) is 11.7. The summed E-state index contributed by atoms with van der Waals surface area (Å²) in [5.41, 5.74) is 0.353. The molecule has 0 amide bonds. The number of hydrogen-bond donors (Lipinski definition) is 0. The molecule has 2 aromatic rings. The Labute approximate surface area is 121 Å². The Morgan fingerprint density at radius 2 is 1.71 bits per heavy atom. The van der Waals surface area contributed by atoms with Crippen molar-refractivity contribution in [3.8, 4) is 5.69 Å². The van der Waals surface area contributed by atoms with E-state index in [0.717, 1.165) is 12.8 Å². The van der Waals surface area contributed by atoms with Crippen molar-refractivity contribution in [2.24, 2.45) is 11.8 Å². The van der Waals surface area contributed by atoms with E-state index in [2.05, 4.69) is 0 Å². The van der Waals surface area contributed by atoms with Crippen molar-refractivity contribution in [1.29, 1.82) is 0 Å². The van der Waals surface area contributed by atoms with Crippen LogP contribution in [0.3, 0.4) is 0 Å². The predicted molar refractivity (Wildman–Crippen MR) is 77.8 cm³/mol. The van der Waals surface area contributed by atoms with Gasteiger partial charge in [-0.1, -0.05) is 24.6 Å². The van der Waals surface area contributed by atoms with E-state index >= 15 is 0 Å². The minimum atomic E-state index is -0.163. The molecular weight excluding hydrogens is 266 g/mol. The van der Waals surface area contributed by atoms with Gasteiger partial charge in [0.25, 0.3) is 0 Å². The Kier molecular flexibility index (Phi) is 2.09. The maximum Gasteiger partial charge on any atom is 0.352 e. The zero-order valence-electron chi connectivity index (χ0n) is 11.7. The summed E-state index contributed by atoms with van der Waals surface area (Å²) < 4.78 is 4.87. The summed E-state index contributed by atoms with van der Waals surface area (Å²) in [7, 11) is 0. The highest BCUT2D eigenvalue weighted by atomic mass is 16.2. The smallest absolute Gasteiger partial charge is 0.245 e. The summed E-state index contributed by atoms with van der Waals surface area (Å²) in [5.74, 6) is 1.10. The molecule has 3 aliphatic rings. The van der Waals surface area contributed by atoms with Crippen molar-refractivity contribution < 1.29 is 0 Å². The van der Waals surface area contributed by atoms with Gasteiger partial charge in [-0.25, -0.2) is 23.5 Å². The fourth-order valence-corrected chi connectivity index (χ4v) is 4.97. The molecule has 5 nitrogen and oxygen atoms in total. The van der Waals surface area contributed by atoms with Crippen LogP contribution in [0.15, 0.2) is 39.9 Å². The minimum Gasteiger partial charge on any atom is -0.245 e. The second-order valence-electron chi connectivity index (χ2n) is 6.57. The number of para-hydroxylation sites is 1. The highest BCUT2D eigenvalue weighted by molar-refractivity contribution is 5.31. The maximum absolute atomic E-state index is 12.8. The highest BCUT2D eigenvalue weighted by Gasteiger charge is 2.55. The number of rotatable bonds is 1. The van der Waals surface area contributed by atoms with Crippen LogP contribution in [0.1, 0.15) is 37.8 Å². The third kappa shape index (κ3) is 1.27. The van der Waals surface area contributed by atoms with Crippen LogP contribution in [0.2, 0.25) is 0 Å². The lowest BCUT2D eigenvalue weighted by Gasteiger charge is -2.27. The first kappa shape index (κ1) is 11.6. The van der Waals surface area contributed by atoms with Crippen molar-refractivity contribution in [1.82, 2.24) is 13.9 Å². The topological polar surface area (TPSA) is 48.9 Å². The molecule has 1 aromatic heterocycles. The van der Waals surface area contributed by atoms with Crippen LogP contribution in [-0.4, -0.2) is 13.9 Å². The van der Waals surface area contributed by atoms with Gasteiger partial charge in [0.1, 0.15) is 0 Å². The second kappa shape index (κ2) is 3.78. The number of fused-ring (bicyclic) bond motifs is 2. The average Bonchev–Trinajstić information content (AvgIpc) is 3.04. The van der Waals surface area contributed by atoms with E-state index in [-0.39, 0.29) is 23.5 Å². The lowest BCUT2D eigenvalue weighted by molar-refractivity contribution is 0.225. The van der Waals surface area contributed by atoms with Gasteiger partial charge in [-0.05, 0) is 37.3 Å². The largest absolute Gasteiger partial charge is 0.352 e. The molecule has 0 spiro atoms. The van der Waals surface area contributed by atoms with E-state index in [1.807, 2.05) is 30.3 Å². The van der Waals surface area contributed by atoms with Crippen LogP contribution < -0.4 is 11.4 Å². The van der Waals surface area contributed by atoms with Gasteiger partial charge in [0.15, 0.2) is 0 Å². The fourth-order valence-electron chi connectivity index (χ4n) is 4.97. The SMILES string of the molecule is O=c1n(-c2ccccc2)c(=O)n2n1C1CC3CCCC1C32. The molecule has 4 bridgehead atoms. The molecule has 21 heavy (non-hydrogen) atoms. The van der Waals surface area contributed by atoms with Gasteiger partial charge in [0.05, 0.1) is 17.8 Å². The van der Waals surface area contributed by atoms with E-state index in [4.69, 9.17) is 0 Å². The predicted octanol–water partition coefficient (Wildman–Crippen LogP) is 1.72. The third-order valence-corrected chi connectivity index (χ3v) is 5.69. The minimum absolute atomic E-state index is 0.157. The molecule has 2 saturated carbocycles. The van der Waals surface area contributed by atoms with Crippen molar-refractivity contribution in [3.05, 3.63) is 51.3 Å². The van der Waals surface area contributed by atoms with Crippen LogP contribution in [0, 0.1) is 11.8 Å². The molecule has 0 N–H and O–H groups in total. The summed E-state index contributed by atoms with van der Waals surface area (Å²) in [6.07, 6.45) is 4.68. The Morgan fingerprint density at radius 1 is 0.952 bits per heavy atom. The number of hydrogen-bond acceptors (Lipinski definition) is 2. The number of aromatic nitrogens is 3. The molecule has 1 aromatic carbocycles. The Morgan fingerprint density at radius 3 is 2.52 bits per heavy atom. The van der Waals surface area contributed by atoms with Crippen LogP contribution in [0.25, 0.3) is 5.69 Å². The Balaban J connectivity index is 1.77. The van der Waals surface area contributed by atoms with Crippen LogP contribution in [-0.2, 0) is 0 Å². The first-order valence-corrected chi connectivity index (χ1v) is 7.79. The Hall–Kier alpha value is -2.04. The normalized spacial score (nSPS) is 32.4. The van der Waals surface area contributed by atoms with Gasteiger partial charge in [-0.3, -0.25) is 0 Å². The lowest BCUT2D eigenvalue weighted by atomic mass is 9.84. The van der Waals surface area contributed by atoms with Gasteiger partial charge >= 0.3 is 11.4 Å². The number of benzene rings is 1. The first-order valence-electron chi connectivity index (χ1n) is 7.79. The van der Waals surface area contributed by atoms with Crippen LogP contribution >= 0.6 is 0 Å². The molecule has 0 radical (unpaired) electrons. The lowest BCUT2D eigenvalue weighted by Crippen LogP contribution is -2.33.